The third-order valence-electron chi connectivity index (χ3n) is 5.13. The van der Waals surface area contributed by atoms with Gasteiger partial charge in [0.1, 0.15) is 0 Å². The monoisotopic (exact) mass is 343 g/mol. The first-order valence-electron chi connectivity index (χ1n) is 8.99. The first kappa shape index (κ1) is 17.6. The van der Waals surface area contributed by atoms with Gasteiger partial charge in [-0.1, -0.05) is 18.6 Å². The fourth-order valence-corrected chi connectivity index (χ4v) is 3.68. The molecule has 2 heterocycles. The zero-order chi connectivity index (χ0) is 18.0. The zero-order valence-corrected chi connectivity index (χ0v) is 14.9. The van der Waals surface area contributed by atoms with Gasteiger partial charge in [-0.3, -0.25) is 24.2 Å². The fraction of sp³-hybridized carbons (Fsp3) is 0.526. The SMILES string of the molecule is CCN1CCCC1CNC(=O)CCN1C(=O)c2ccc(C)cc2C1=O. The number of fused-ring (bicyclic) bond motifs is 1. The Morgan fingerprint density at radius 1 is 1.24 bits per heavy atom. The minimum atomic E-state index is -0.305. The van der Waals surface area contributed by atoms with Crippen LogP contribution in [0.4, 0.5) is 0 Å². The first-order chi connectivity index (χ1) is 12.0. The van der Waals surface area contributed by atoms with Gasteiger partial charge in [0, 0.05) is 25.6 Å². The maximum atomic E-state index is 12.4. The van der Waals surface area contributed by atoms with Crippen LogP contribution in [-0.4, -0.2) is 59.7 Å². The van der Waals surface area contributed by atoms with Gasteiger partial charge in [0.25, 0.3) is 11.8 Å². The molecule has 3 amide bonds. The van der Waals surface area contributed by atoms with Gasteiger partial charge >= 0.3 is 0 Å². The number of aryl methyl sites for hydroxylation is 1. The number of carbonyl (C=O) groups excluding carboxylic acids is 3. The molecule has 25 heavy (non-hydrogen) atoms. The van der Waals surface area contributed by atoms with Crippen LogP contribution in [0.15, 0.2) is 18.2 Å². The van der Waals surface area contributed by atoms with E-state index in [0.29, 0.717) is 23.7 Å². The lowest BCUT2D eigenvalue weighted by molar-refractivity contribution is -0.121. The molecular weight excluding hydrogens is 318 g/mol. The molecule has 1 atom stereocenters. The molecule has 2 aliphatic heterocycles. The number of nitrogens with one attached hydrogen (secondary N) is 1. The minimum Gasteiger partial charge on any atom is -0.354 e. The van der Waals surface area contributed by atoms with Crippen LogP contribution < -0.4 is 5.32 Å². The normalized spacial score (nSPS) is 20.2. The van der Waals surface area contributed by atoms with Crippen molar-refractivity contribution < 1.29 is 14.4 Å². The Bertz CT molecular complexity index is 701. The summed E-state index contributed by atoms with van der Waals surface area (Å²) in [7, 11) is 0. The van der Waals surface area contributed by atoms with Crippen LogP contribution in [0.25, 0.3) is 0 Å². The van der Waals surface area contributed by atoms with E-state index in [1.54, 1.807) is 12.1 Å². The number of hydrogen-bond donors (Lipinski definition) is 1. The van der Waals surface area contributed by atoms with Crippen LogP contribution in [0.2, 0.25) is 0 Å². The summed E-state index contributed by atoms with van der Waals surface area (Å²) in [5.41, 5.74) is 1.81. The average molecular weight is 343 g/mol. The summed E-state index contributed by atoms with van der Waals surface area (Å²) in [4.78, 5) is 40.4. The average Bonchev–Trinajstić information content (AvgIpc) is 3.15. The van der Waals surface area contributed by atoms with Gasteiger partial charge < -0.3 is 5.32 Å². The van der Waals surface area contributed by atoms with Crippen molar-refractivity contribution in [3.8, 4) is 0 Å². The molecule has 6 nitrogen and oxygen atoms in total. The maximum absolute atomic E-state index is 12.4. The lowest BCUT2D eigenvalue weighted by Gasteiger charge is -2.23. The molecule has 3 rings (SSSR count). The molecule has 0 aromatic heterocycles. The Kier molecular flexibility index (Phi) is 5.18. The zero-order valence-electron chi connectivity index (χ0n) is 14.9. The van der Waals surface area contributed by atoms with E-state index in [-0.39, 0.29) is 30.7 Å². The Morgan fingerprint density at radius 3 is 2.76 bits per heavy atom. The predicted octanol–water partition coefficient (Wildman–Crippen LogP) is 1.58. The van der Waals surface area contributed by atoms with Gasteiger partial charge in [0.15, 0.2) is 0 Å². The quantitative estimate of drug-likeness (QED) is 0.796. The Labute approximate surface area is 148 Å². The highest BCUT2D eigenvalue weighted by Crippen LogP contribution is 2.24. The van der Waals surface area contributed by atoms with Crippen LogP contribution in [0, 0.1) is 6.92 Å². The van der Waals surface area contributed by atoms with Crippen LogP contribution in [0.3, 0.4) is 0 Å². The predicted molar refractivity (Wildman–Crippen MR) is 94.4 cm³/mol. The standard InChI is InChI=1S/C19H25N3O3/c1-3-21-9-4-5-14(21)12-20-17(23)8-10-22-18(24)15-7-6-13(2)11-16(15)19(22)25/h6-7,11,14H,3-5,8-10,12H2,1-2H3,(H,20,23). The molecule has 1 saturated heterocycles. The number of amides is 3. The van der Waals surface area contributed by atoms with Crippen molar-refractivity contribution in [1.29, 1.82) is 0 Å². The summed E-state index contributed by atoms with van der Waals surface area (Å²) in [5, 5.41) is 2.94. The number of likely N-dealkylation sites (tertiary alicyclic amines) is 1. The second-order valence-electron chi connectivity index (χ2n) is 6.79. The molecule has 0 spiro atoms. The van der Waals surface area contributed by atoms with E-state index in [2.05, 4.69) is 17.1 Å². The van der Waals surface area contributed by atoms with Crippen molar-refractivity contribution in [2.75, 3.05) is 26.2 Å². The molecule has 1 aromatic carbocycles. The number of hydrogen-bond acceptors (Lipinski definition) is 4. The van der Waals surface area contributed by atoms with E-state index in [9.17, 15) is 14.4 Å². The molecule has 1 unspecified atom stereocenters. The summed E-state index contributed by atoms with van der Waals surface area (Å²) in [6.45, 7) is 6.86. The molecule has 1 fully saturated rings. The summed E-state index contributed by atoms with van der Waals surface area (Å²) in [6, 6.07) is 5.64. The number of benzene rings is 1. The number of rotatable bonds is 6. The Hall–Kier alpha value is -2.21. The number of nitrogens with zero attached hydrogens (tertiary/aromatic N) is 2. The van der Waals surface area contributed by atoms with E-state index in [1.807, 2.05) is 13.0 Å². The fourth-order valence-electron chi connectivity index (χ4n) is 3.68. The van der Waals surface area contributed by atoms with E-state index in [1.165, 1.54) is 11.3 Å². The van der Waals surface area contributed by atoms with Gasteiger partial charge in [-0.2, -0.15) is 0 Å². The van der Waals surface area contributed by atoms with Crippen molar-refractivity contribution in [3.05, 3.63) is 34.9 Å². The summed E-state index contributed by atoms with van der Waals surface area (Å²) in [5.74, 6) is -0.721. The number of imide groups is 1. The van der Waals surface area contributed by atoms with Crippen molar-refractivity contribution >= 4 is 17.7 Å². The molecule has 2 aliphatic rings. The first-order valence-corrected chi connectivity index (χ1v) is 8.99. The Balaban J connectivity index is 1.51. The molecule has 6 heteroatoms. The van der Waals surface area contributed by atoms with Gasteiger partial charge in [-0.15, -0.1) is 0 Å². The number of carbonyl (C=O) groups is 3. The third kappa shape index (κ3) is 3.58. The Morgan fingerprint density at radius 2 is 2.00 bits per heavy atom. The van der Waals surface area contributed by atoms with Gasteiger partial charge in [0.05, 0.1) is 11.1 Å². The largest absolute Gasteiger partial charge is 0.354 e. The van der Waals surface area contributed by atoms with E-state index in [4.69, 9.17) is 0 Å². The number of likely N-dealkylation sites (N-methyl/N-ethyl adjacent to an activating group) is 1. The van der Waals surface area contributed by atoms with Gasteiger partial charge in [-0.05, 0) is 45.0 Å². The molecule has 0 bridgehead atoms. The molecule has 1 aromatic rings. The second-order valence-corrected chi connectivity index (χ2v) is 6.79. The van der Waals surface area contributed by atoms with Crippen LogP contribution in [-0.2, 0) is 4.79 Å². The van der Waals surface area contributed by atoms with Crippen molar-refractivity contribution in [2.45, 2.75) is 39.2 Å². The lowest BCUT2D eigenvalue weighted by atomic mass is 10.1. The smallest absolute Gasteiger partial charge is 0.261 e. The van der Waals surface area contributed by atoms with Gasteiger partial charge in [0.2, 0.25) is 5.91 Å². The van der Waals surface area contributed by atoms with E-state index in [0.717, 1.165) is 25.1 Å². The third-order valence-corrected chi connectivity index (χ3v) is 5.13. The van der Waals surface area contributed by atoms with Crippen LogP contribution >= 0.6 is 0 Å². The summed E-state index contributed by atoms with van der Waals surface area (Å²) < 4.78 is 0. The molecule has 0 saturated carbocycles. The molecule has 1 N–H and O–H groups in total. The molecular formula is C19H25N3O3. The van der Waals surface area contributed by atoms with Crippen molar-refractivity contribution in [1.82, 2.24) is 15.1 Å². The van der Waals surface area contributed by atoms with Gasteiger partial charge in [-0.25, -0.2) is 0 Å². The second kappa shape index (κ2) is 7.35. The highest BCUT2D eigenvalue weighted by Gasteiger charge is 2.35. The molecule has 0 radical (unpaired) electrons. The molecule has 0 aliphatic carbocycles. The summed E-state index contributed by atoms with van der Waals surface area (Å²) in [6.07, 6.45) is 2.41. The summed E-state index contributed by atoms with van der Waals surface area (Å²) >= 11 is 0. The molecule has 134 valence electrons. The van der Waals surface area contributed by atoms with Crippen molar-refractivity contribution in [3.63, 3.8) is 0 Å². The van der Waals surface area contributed by atoms with E-state index >= 15 is 0 Å². The van der Waals surface area contributed by atoms with Crippen LogP contribution in [0.1, 0.15) is 52.5 Å². The van der Waals surface area contributed by atoms with Crippen LogP contribution in [0.5, 0.6) is 0 Å². The lowest BCUT2D eigenvalue weighted by Crippen LogP contribution is -2.41. The maximum Gasteiger partial charge on any atom is 0.261 e. The van der Waals surface area contributed by atoms with E-state index < -0.39 is 0 Å². The topological polar surface area (TPSA) is 69.7 Å². The minimum absolute atomic E-state index is 0.115. The highest BCUT2D eigenvalue weighted by atomic mass is 16.2. The highest BCUT2D eigenvalue weighted by molar-refractivity contribution is 6.21. The van der Waals surface area contributed by atoms with Crippen molar-refractivity contribution in [2.24, 2.45) is 0 Å².